The molecule has 12 heteroatoms. The maximum Gasteiger partial charge on any atom is 0.332 e. The topological polar surface area (TPSA) is 107 Å². The standard InChI is InChI=1S/C21H25N7O4S/c1-24(2)8-9-28(20-23-14-7-6-13(32-5)10-15(14)33-20)16(29)11-27-12-22-18-17(27)19(30)26(4)21(31)25(18)3/h6-7,10,12H,8-9,11H2,1-5H3. The molecule has 1 amide bonds. The number of carbonyl (C=O) groups excluding carboxylic acids is 1. The first kappa shape index (κ1) is 22.7. The van der Waals surface area contributed by atoms with Crippen LogP contribution in [-0.4, -0.2) is 68.8 Å². The van der Waals surface area contributed by atoms with Crippen molar-refractivity contribution in [3.05, 3.63) is 45.4 Å². The van der Waals surface area contributed by atoms with Gasteiger partial charge in [-0.15, -0.1) is 0 Å². The van der Waals surface area contributed by atoms with Gasteiger partial charge in [0, 0.05) is 27.2 Å². The van der Waals surface area contributed by atoms with Gasteiger partial charge in [-0.25, -0.2) is 14.8 Å². The van der Waals surface area contributed by atoms with Crippen molar-refractivity contribution in [3.63, 3.8) is 0 Å². The number of likely N-dealkylation sites (N-methyl/N-ethyl adjacent to an activating group) is 1. The molecule has 0 atom stereocenters. The highest BCUT2D eigenvalue weighted by atomic mass is 32.1. The van der Waals surface area contributed by atoms with Crippen LogP contribution in [0.1, 0.15) is 0 Å². The summed E-state index contributed by atoms with van der Waals surface area (Å²) in [6, 6.07) is 5.57. The van der Waals surface area contributed by atoms with E-state index in [1.54, 1.807) is 19.1 Å². The molecular formula is C21H25N7O4S. The fourth-order valence-corrected chi connectivity index (χ4v) is 4.55. The quantitative estimate of drug-likeness (QED) is 0.389. The van der Waals surface area contributed by atoms with Crippen molar-refractivity contribution in [2.75, 3.05) is 39.2 Å². The van der Waals surface area contributed by atoms with E-state index in [1.807, 2.05) is 37.2 Å². The Labute approximate surface area is 193 Å². The van der Waals surface area contributed by atoms with Crippen LogP contribution < -0.4 is 20.9 Å². The second-order valence-corrected chi connectivity index (χ2v) is 8.94. The van der Waals surface area contributed by atoms with E-state index < -0.39 is 11.2 Å². The van der Waals surface area contributed by atoms with Gasteiger partial charge in [0.2, 0.25) is 5.91 Å². The molecule has 0 aliphatic carbocycles. The number of amides is 1. The Kier molecular flexibility index (Phi) is 6.04. The molecule has 4 rings (SSSR count). The lowest BCUT2D eigenvalue weighted by Crippen LogP contribution is -2.40. The zero-order valence-corrected chi connectivity index (χ0v) is 19.9. The number of hydrogen-bond acceptors (Lipinski definition) is 8. The highest BCUT2D eigenvalue weighted by Gasteiger charge is 2.23. The van der Waals surface area contributed by atoms with Crippen LogP contribution in [0.2, 0.25) is 0 Å². The predicted octanol–water partition coefficient (Wildman–Crippen LogP) is 0.647. The van der Waals surface area contributed by atoms with Crippen molar-refractivity contribution in [1.82, 2.24) is 28.6 Å². The number of aryl methyl sites for hydroxylation is 1. The van der Waals surface area contributed by atoms with Gasteiger partial charge in [0.15, 0.2) is 16.3 Å². The number of ether oxygens (including phenoxy) is 1. The molecule has 3 heterocycles. The Morgan fingerprint density at radius 3 is 2.61 bits per heavy atom. The number of rotatable bonds is 7. The molecule has 11 nitrogen and oxygen atoms in total. The van der Waals surface area contributed by atoms with Crippen molar-refractivity contribution in [3.8, 4) is 5.75 Å². The van der Waals surface area contributed by atoms with Gasteiger partial charge < -0.3 is 14.2 Å². The van der Waals surface area contributed by atoms with Gasteiger partial charge in [-0.3, -0.25) is 23.6 Å². The second kappa shape index (κ2) is 8.79. The summed E-state index contributed by atoms with van der Waals surface area (Å²) in [4.78, 5) is 50.8. The van der Waals surface area contributed by atoms with Crippen LogP contribution >= 0.6 is 11.3 Å². The molecule has 0 aliphatic heterocycles. The van der Waals surface area contributed by atoms with Crippen LogP contribution in [0.25, 0.3) is 21.4 Å². The van der Waals surface area contributed by atoms with Crippen LogP contribution in [0.15, 0.2) is 34.1 Å². The fraction of sp³-hybridized carbons (Fsp3) is 0.381. The molecule has 0 saturated heterocycles. The Balaban J connectivity index is 1.72. The summed E-state index contributed by atoms with van der Waals surface area (Å²) in [6.45, 7) is 0.939. The minimum Gasteiger partial charge on any atom is -0.497 e. The average Bonchev–Trinajstić information content (AvgIpc) is 3.39. The first-order valence-electron chi connectivity index (χ1n) is 10.2. The van der Waals surface area contributed by atoms with E-state index >= 15 is 0 Å². The molecule has 4 aromatic rings. The molecule has 33 heavy (non-hydrogen) atoms. The van der Waals surface area contributed by atoms with Crippen molar-refractivity contribution in [1.29, 1.82) is 0 Å². The van der Waals surface area contributed by atoms with Gasteiger partial charge in [-0.2, -0.15) is 0 Å². The van der Waals surface area contributed by atoms with Crippen LogP contribution in [0, 0.1) is 0 Å². The van der Waals surface area contributed by atoms with Crippen LogP contribution in [-0.2, 0) is 25.4 Å². The normalized spacial score (nSPS) is 11.6. The highest BCUT2D eigenvalue weighted by molar-refractivity contribution is 7.22. The van der Waals surface area contributed by atoms with Crippen molar-refractivity contribution >= 4 is 43.8 Å². The summed E-state index contributed by atoms with van der Waals surface area (Å²) in [5.41, 5.74) is 0.250. The van der Waals surface area contributed by atoms with Crippen LogP contribution in [0.3, 0.4) is 0 Å². The SMILES string of the molecule is COc1ccc2nc(N(CCN(C)C)C(=O)Cn3cnc4c3c(=O)n(C)c(=O)n4C)sc2c1. The monoisotopic (exact) mass is 471 g/mol. The first-order chi connectivity index (χ1) is 15.7. The van der Waals surface area contributed by atoms with Gasteiger partial charge in [-0.05, 0) is 32.3 Å². The van der Waals surface area contributed by atoms with E-state index in [2.05, 4.69) is 9.97 Å². The maximum atomic E-state index is 13.4. The summed E-state index contributed by atoms with van der Waals surface area (Å²) in [5.74, 6) is 0.480. The Morgan fingerprint density at radius 1 is 1.15 bits per heavy atom. The molecule has 1 aromatic carbocycles. The maximum absolute atomic E-state index is 13.4. The zero-order valence-electron chi connectivity index (χ0n) is 19.1. The van der Waals surface area contributed by atoms with E-state index in [-0.39, 0.29) is 23.6 Å². The molecule has 0 aliphatic rings. The lowest BCUT2D eigenvalue weighted by atomic mass is 10.3. The number of aromatic nitrogens is 5. The lowest BCUT2D eigenvalue weighted by Gasteiger charge is -2.22. The molecule has 0 saturated carbocycles. The minimum atomic E-state index is -0.495. The Hall–Kier alpha value is -3.51. The first-order valence-corrected chi connectivity index (χ1v) is 11.0. The number of anilines is 1. The van der Waals surface area contributed by atoms with E-state index in [0.29, 0.717) is 18.2 Å². The van der Waals surface area contributed by atoms with Gasteiger partial charge in [0.1, 0.15) is 12.3 Å². The molecule has 0 unspecified atom stereocenters. The number of thiazole rings is 1. The third-order valence-electron chi connectivity index (χ3n) is 5.41. The van der Waals surface area contributed by atoms with Gasteiger partial charge in [-0.1, -0.05) is 11.3 Å². The number of fused-ring (bicyclic) bond motifs is 2. The Bertz CT molecular complexity index is 1460. The van der Waals surface area contributed by atoms with Crippen molar-refractivity contribution < 1.29 is 9.53 Å². The Morgan fingerprint density at radius 2 is 1.91 bits per heavy atom. The number of nitrogens with zero attached hydrogens (tertiary/aromatic N) is 7. The molecule has 0 fully saturated rings. The molecular weight excluding hydrogens is 446 g/mol. The van der Waals surface area contributed by atoms with Crippen LogP contribution in [0.4, 0.5) is 5.13 Å². The van der Waals surface area contributed by atoms with E-state index in [0.717, 1.165) is 20.5 Å². The number of carbonyl (C=O) groups is 1. The second-order valence-electron chi connectivity index (χ2n) is 7.93. The van der Waals surface area contributed by atoms with Gasteiger partial charge in [0.25, 0.3) is 5.56 Å². The molecule has 174 valence electrons. The molecule has 0 radical (unpaired) electrons. The van der Waals surface area contributed by atoms with Crippen molar-refractivity contribution in [2.45, 2.75) is 6.54 Å². The third-order valence-corrected chi connectivity index (χ3v) is 6.45. The molecule has 0 N–H and O–H groups in total. The molecule has 3 aromatic heterocycles. The van der Waals surface area contributed by atoms with E-state index in [1.165, 1.54) is 33.8 Å². The summed E-state index contributed by atoms with van der Waals surface area (Å²) in [7, 11) is 8.41. The highest BCUT2D eigenvalue weighted by Crippen LogP contribution is 2.31. The number of imidazole rings is 1. The van der Waals surface area contributed by atoms with Gasteiger partial charge >= 0.3 is 5.69 Å². The van der Waals surface area contributed by atoms with E-state index in [4.69, 9.17) is 4.74 Å². The zero-order chi connectivity index (χ0) is 23.9. The number of hydrogen-bond donors (Lipinski definition) is 0. The smallest absolute Gasteiger partial charge is 0.332 e. The van der Waals surface area contributed by atoms with Gasteiger partial charge in [0.05, 0.1) is 23.7 Å². The summed E-state index contributed by atoms with van der Waals surface area (Å²) in [6.07, 6.45) is 1.41. The van der Waals surface area contributed by atoms with E-state index in [9.17, 15) is 14.4 Å². The third kappa shape index (κ3) is 4.14. The molecule has 0 spiro atoms. The van der Waals surface area contributed by atoms with Crippen molar-refractivity contribution in [2.24, 2.45) is 14.1 Å². The number of benzene rings is 1. The largest absolute Gasteiger partial charge is 0.497 e. The fourth-order valence-electron chi connectivity index (χ4n) is 3.51. The summed E-state index contributed by atoms with van der Waals surface area (Å²) >= 11 is 1.40. The molecule has 0 bridgehead atoms. The summed E-state index contributed by atoms with van der Waals surface area (Å²) in [5, 5.41) is 0.565. The minimum absolute atomic E-state index is 0.114. The lowest BCUT2D eigenvalue weighted by molar-refractivity contribution is -0.119. The predicted molar refractivity (Wildman–Crippen MR) is 127 cm³/mol. The summed E-state index contributed by atoms with van der Waals surface area (Å²) < 4.78 is 9.99. The number of methoxy groups -OCH3 is 1. The average molecular weight is 472 g/mol. The van der Waals surface area contributed by atoms with Crippen LogP contribution in [0.5, 0.6) is 5.75 Å².